The van der Waals surface area contributed by atoms with E-state index in [1.54, 1.807) is 0 Å². The van der Waals surface area contributed by atoms with Crippen LogP contribution in [-0.2, 0) is 43.8 Å². The summed E-state index contributed by atoms with van der Waals surface area (Å²) < 4.78 is 6.39. The maximum atomic E-state index is 12.8. The molecule has 0 aliphatic heterocycles. The van der Waals surface area contributed by atoms with Crippen LogP contribution in [0.1, 0.15) is 33.4 Å². The molecule has 42 heavy (non-hydrogen) atoms. The standard InChI is InChI=1S/C38H37NO3/c40-38(41)36(39(27-31-15-7-2-8-16-31)28-32-17-9-3-10-18-32)25-34-22-24-35(23-21-30-13-5-1-6-14-30)37(26-34)42-29-33-19-11-4-12-20-33/h1-20,22,24,26,36H,21,23,25,27-29H2,(H,40,41). The van der Waals surface area contributed by atoms with E-state index in [9.17, 15) is 9.90 Å². The molecule has 0 aliphatic carbocycles. The second kappa shape index (κ2) is 14.8. The van der Waals surface area contributed by atoms with Gasteiger partial charge >= 0.3 is 5.97 Å². The summed E-state index contributed by atoms with van der Waals surface area (Å²) in [7, 11) is 0. The molecule has 0 radical (unpaired) electrons. The fourth-order valence-corrected chi connectivity index (χ4v) is 5.23. The Balaban J connectivity index is 1.40. The van der Waals surface area contributed by atoms with Crippen molar-refractivity contribution in [2.75, 3.05) is 0 Å². The normalized spacial score (nSPS) is 11.7. The minimum Gasteiger partial charge on any atom is -0.489 e. The molecule has 0 fully saturated rings. The SMILES string of the molecule is O=C(O)C(Cc1ccc(CCc2ccccc2)c(OCc2ccccc2)c1)N(Cc1ccccc1)Cc1ccccc1. The molecule has 0 spiro atoms. The van der Waals surface area contributed by atoms with E-state index in [1.165, 1.54) is 5.56 Å². The van der Waals surface area contributed by atoms with Gasteiger partial charge < -0.3 is 9.84 Å². The molecule has 5 rings (SSSR count). The number of hydrogen-bond donors (Lipinski definition) is 1. The molecular formula is C38H37NO3. The molecule has 1 N–H and O–H groups in total. The van der Waals surface area contributed by atoms with Crippen LogP contribution in [0, 0.1) is 0 Å². The minimum atomic E-state index is -0.832. The van der Waals surface area contributed by atoms with E-state index in [-0.39, 0.29) is 0 Å². The Morgan fingerprint density at radius 1 is 0.595 bits per heavy atom. The predicted molar refractivity (Wildman–Crippen MR) is 168 cm³/mol. The summed E-state index contributed by atoms with van der Waals surface area (Å²) in [6, 6.07) is 46.2. The van der Waals surface area contributed by atoms with Crippen molar-refractivity contribution in [1.29, 1.82) is 0 Å². The molecule has 4 heteroatoms. The highest BCUT2D eigenvalue weighted by atomic mass is 16.5. The molecule has 0 saturated carbocycles. The number of carbonyl (C=O) groups is 1. The Kier molecular flexibility index (Phi) is 10.2. The lowest BCUT2D eigenvalue weighted by molar-refractivity contribution is -0.143. The zero-order valence-electron chi connectivity index (χ0n) is 23.8. The van der Waals surface area contributed by atoms with Gasteiger partial charge in [-0.2, -0.15) is 0 Å². The maximum Gasteiger partial charge on any atom is 0.321 e. The van der Waals surface area contributed by atoms with Crippen molar-refractivity contribution in [3.8, 4) is 5.75 Å². The molecular weight excluding hydrogens is 518 g/mol. The van der Waals surface area contributed by atoms with Gasteiger partial charge in [-0.1, -0.05) is 133 Å². The highest BCUT2D eigenvalue weighted by molar-refractivity contribution is 5.74. The Labute approximate surface area is 248 Å². The fourth-order valence-electron chi connectivity index (χ4n) is 5.23. The number of aryl methyl sites for hydroxylation is 2. The summed E-state index contributed by atoms with van der Waals surface area (Å²) in [5, 5.41) is 10.5. The van der Waals surface area contributed by atoms with E-state index in [2.05, 4.69) is 53.4 Å². The molecule has 0 amide bonds. The molecule has 0 bridgehead atoms. The molecule has 5 aromatic rings. The van der Waals surface area contributed by atoms with Gasteiger partial charge in [-0.25, -0.2) is 0 Å². The maximum absolute atomic E-state index is 12.8. The zero-order chi connectivity index (χ0) is 29.0. The van der Waals surface area contributed by atoms with Crippen molar-refractivity contribution in [3.05, 3.63) is 173 Å². The first kappa shape index (κ1) is 28.8. The Morgan fingerprint density at radius 3 is 1.62 bits per heavy atom. The van der Waals surface area contributed by atoms with E-state index in [4.69, 9.17) is 4.74 Å². The lowest BCUT2D eigenvalue weighted by Gasteiger charge is -2.29. The third-order valence-electron chi connectivity index (χ3n) is 7.51. The van der Waals surface area contributed by atoms with Gasteiger partial charge in [0.25, 0.3) is 0 Å². The largest absolute Gasteiger partial charge is 0.489 e. The van der Waals surface area contributed by atoms with Crippen LogP contribution in [0.5, 0.6) is 5.75 Å². The number of nitrogens with zero attached hydrogens (tertiary/aromatic N) is 1. The second-order valence-corrected chi connectivity index (χ2v) is 10.6. The van der Waals surface area contributed by atoms with Crippen molar-refractivity contribution >= 4 is 5.97 Å². The van der Waals surface area contributed by atoms with E-state index in [1.807, 2.05) is 91.0 Å². The van der Waals surface area contributed by atoms with Crippen molar-refractivity contribution < 1.29 is 14.6 Å². The van der Waals surface area contributed by atoms with E-state index < -0.39 is 12.0 Å². The van der Waals surface area contributed by atoms with Gasteiger partial charge in [0.05, 0.1) is 0 Å². The first-order chi connectivity index (χ1) is 20.6. The Hall–Kier alpha value is -4.67. The molecule has 0 aromatic heterocycles. The van der Waals surface area contributed by atoms with Gasteiger partial charge in [0.1, 0.15) is 18.4 Å². The van der Waals surface area contributed by atoms with Crippen molar-refractivity contribution in [2.45, 2.75) is 45.0 Å². The van der Waals surface area contributed by atoms with E-state index in [0.717, 1.165) is 46.4 Å². The van der Waals surface area contributed by atoms with E-state index >= 15 is 0 Å². The van der Waals surface area contributed by atoms with Gasteiger partial charge in [-0.15, -0.1) is 0 Å². The van der Waals surface area contributed by atoms with Crippen molar-refractivity contribution in [1.82, 2.24) is 4.90 Å². The third-order valence-corrected chi connectivity index (χ3v) is 7.51. The summed E-state index contributed by atoms with van der Waals surface area (Å²) in [5.74, 6) is -0.0177. The van der Waals surface area contributed by atoms with E-state index in [0.29, 0.717) is 26.1 Å². The number of ether oxygens (including phenoxy) is 1. The summed E-state index contributed by atoms with van der Waals surface area (Å²) in [6.45, 7) is 1.54. The molecule has 0 heterocycles. The van der Waals surface area contributed by atoms with Gasteiger partial charge in [0.2, 0.25) is 0 Å². The van der Waals surface area contributed by atoms with Crippen LogP contribution in [-0.4, -0.2) is 22.0 Å². The van der Waals surface area contributed by atoms with Crippen LogP contribution < -0.4 is 4.74 Å². The monoisotopic (exact) mass is 555 g/mol. The number of carboxylic acid groups (broad SMARTS) is 1. The molecule has 212 valence electrons. The first-order valence-electron chi connectivity index (χ1n) is 14.5. The average molecular weight is 556 g/mol. The highest BCUT2D eigenvalue weighted by Crippen LogP contribution is 2.26. The molecule has 0 aliphatic rings. The number of rotatable bonds is 14. The van der Waals surface area contributed by atoms with Crippen LogP contribution in [0.15, 0.2) is 140 Å². The second-order valence-electron chi connectivity index (χ2n) is 10.6. The Bertz CT molecular complexity index is 1480. The summed E-state index contributed by atoms with van der Waals surface area (Å²) >= 11 is 0. The Morgan fingerprint density at radius 2 is 1.10 bits per heavy atom. The van der Waals surface area contributed by atoms with Gasteiger partial charge in [0.15, 0.2) is 0 Å². The van der Waals surface area contributed by atoms with Gasteiger partial charge in [-0.3, -0.25) is 9.69 Å². The first-order valence-corrected chi connectivity index (χ1v) is 14.5. The molecule has 1 atom stereocenters. The molecule has 0 saturated heterocycles. The van der Waals surface area contributed by atoms with Crippen LogP contribution in [0.2, 0.25) is 0 Å². The smallest absolute Gasteiger partial charge is 0.321 e. The summed E-state index contributed by atoms with van der Waals surface area (Å²) in [5.41, 5.74) is 6.61. The fraction of sp³-hybridized carbons (Fsp3) is 0.184. The van der Waals surface area contributed by atoms with Crippen LogP contribution in [0.25, 0.3) is 0 Å². The topological polar surface area (TPSA) is 49.8 Å². The van der Waals surface area contributed by atoms with Crippen molar-refractivity contribution in [3.63, 3.8) is 0 Å². The quantitative estimate of drug-likeness (QED) is 0.152. The molecule has 1 unspecified atom stereocenters. The lowest BCUT2D eigenvalue weighted by Crippen LogP contribution is -2.42. The molecule has 4 nitrogen and oxygen atoms in total. The van der Waals surface area contributed by atoms with Crippen LogP contribution >= 0.6 is 0 Å². The average Bonchev–Trinajstić information content (AvgIpc) is 3.03. The number of aliphatic carboxylic acids is 1. The highest BCUT2D eigenvalue weighted by Gasteiger charge is 2.27. The molecule has 5 aromatic carbocycles. The lowest BCUT2D eigenvalue weighted by atomic mass is 9.98. The third kappa shape index (κ3) is 8.42. The number of carboxylic acids is 1. The summed E-state index contributed by atoms with van der Waals surface area (Å²) in [4.78, 5) is 14.8. The minimum absolute atomic E-state index is 0.371. The van der Waals surface area contributed by atoms with Crippen LogP contribution in [0.3, 0.4) is 0 Å². The van der Waals surface area contributed by atoms with Crippen LogP contribution in [0.4, 0.5) is 0 Å². The van der Waals surface area contributed by atoms with Gasteiger partial charge in [-0.05, 0) is 58.7 Å². The zero-order valence-corrected chi connectivity index (χ0v) is 23.8. The predicted octanol–water partition coefficient (Wildman–Crippen LogP) is 7.75. The van der Waals surface area contributed by atoms with Crippen molar-refractivity contribution in [2.24, 2.45) is 0 Å². The number of hydrogen-bond acceptors (Lipinski definition) is 3. The number of benzene rings is 5. The summed E-state index contributed by atoms with van der Waals surface area (Å²) in [6.07, 6.45) is 2.11. The van der Waals surface area contributed by atoms with Gasteiger partial charge in [0, 0.05) is 13.1 Å².